The van der Waals surface area contributed by atoms with Crippen LogP contribution in [0.15, 0.2) is 35.3 Å². The number of carbonyl (C=O) groups is 2. The van der Waals surface area contributed by atoms with Crippen molar-refractivity contribution in [1.82, 2.24) is 9.72 Å². The van der Waals surface area contributed by atoms with Gasteiger partial charge in [0.15, 0.2) is 0 Å². The van der Waals surface area contributed by atoms with Gasteiger partial charge < -0.3 is 15.2 Å². The lowest BCUT2D eigenvalue weighted by molar-refractivity contribution is 0.0523. The summed E-state index contributed by atoms with van der Waals surface area (Å²) in [7, 11) is 0. The Kier molecular flexibility index (Phi) is 5.58. The van der Waals surface area contributed by atoms with E-state index in [1.165, 1.54) is 4.40 Å². The summed E-state index contributed by atoms with van der Waals surface area (Å²) in [5.74, 6) is -0.914. The monoisotopic (exact) mass is 454 g/mol. The summed E-state index contributed by atoms with van der Waals surface area (Å²) in [4.78, 5) is 38.2. The Bertz CT molecular complexity index is 1280. The molecule has 0 atom stereocenters. The number of pyridine rings is 2. The molecule has 2 N–H and O–H groups in total. The third-order valence-corrected chi connectivity index (χ3v) is 6.51. The van der Waals surface area contributed by atoms with Gasteiger partial charge in [0.1, 0.15) is 11.2 Å². The number of aromatic carboxylic acids is 1. The van der Waals surface area contributed by atoms with Crippen LogP contribution in [-0.2, 0) is 11.3 Å². The van der Waals surface area contributed by atoms with E-state index in [-0.39, 0.29) is 11.5 Å². The number of alkyl carbamates (subject to hydrolysis) is 1. The smallest absolute Gasteiger partial charge is 0.407 e. The van der Waals surface area contributed by atoms with Crippen LogP contribution in [0.5, 0.6) is 0 Å². The third kappa shape index (κ3) is 4.41. The number of carboxylic acids is 1. The summed E-state index contributed by atoms with van der Waals surface area (Å²) in [6.45, 7) is 7.78. The Balaban J connectivity index is 1.68. The van der Waals surface area contributed by atoms with Crippen LogP contribution in [0, 0.1) is 6.92 Å². The molecule has 1 aliphatic rings. The Labute approximate surface area is 189 Å². The number of amides is 1. The average Bonchev–Trinajstić information content (AvgIpc) is 3.43. The van der Waals surface area contributed by atoms with E-state index < -0.39 is 23.2 Å². The first kappa shape index (κ1) is 22.1. The molecule has 7 nitrogen and oxygen atoms in total. The second-order valence-electron chi connectivity index (χ2n) is 9.09. The van der Waals surface area contributed by atoms with Crippen molar-refractivity contribution in [2.45, 2.75) is 58.6 Å². The molecule has 4 rings (SSSR count). The third-order valence-electron chi connectivity index (χ3n) is 5.39. The van der Waals surface area contributed by atoms with Gasteiger partial charge in [-0.05, 0) is 87.4 Å². The minimum Gasteiger partial charge on any atom is -0.477 e. The van der Waals surface area contributed by atoms with Crippen LogP contribution >= 0.6 is 11.3 Å². The minimum absolute atomic E-state index is 0.192. The van der Waals surface area contributed by atoms with Crippen LogP contribution in [0.3, 0.4) is 0 Å². The average molecular weight is 455 g/mol. The van der Waals surface area contributed by atoms with Gasteiger partial charge >= 0.3 is 12.1 Å². The van der Waals surface area contributed by atoms with Crippen LogP contribution in [0.2, 0.25) is 0 Å². The highest BCUT2D eigenvalue weighted by atomic mass is 32.1. The minimum atomic E-state index is -1.20. The van der Waals surface area contributed by atoms with E-state index in [1.54, 1.807) is 23.6 Å². The first-order valence-electron chi connectivity index (χ1n) is 10.5. The summed E-state index contributed by atoms with van der Waals surface area (Å²) < 4.78 is 6.74. The molecule has 3 aromatic rings. The zero-order valence-corrected chi connectivity index (χ0v) is 19.3. The molecule has 1 amide bonds. The SMILES string of the molecule is Cc1c(-c2ccc(CNC(=O)OC(C)(C)C)s2)ccn2c(=O)c(C(=O)O)cc(C3CC3)c12. The van der Waals surface area contributed by atoms with E-state index in [9.17, 15) is 19.5 Å². The maximum atomic E-state index is 12.7. The van der Waals surface area contributed by atoms with Crippen molar-refractivity contribution in [1.29, 1.82) is 0 Å². The number of carboxylic acid groups (broad SMARTS) is 1. The molecule has 0 unspecified atom stereocenters. The second kappa shape index (κ2) is 8.09. The molecule has 1 saturated carbocycles. The molecule has 32 heavy (non-hydrogen) atoms. The van der Waals surface area contributed by atoms with Crippen molar-refractivity contribution in [3.8, 4) is 10.4 Å². The molecule has 8 heteroatoms. The number of nitrogens with one attached hydrogen (secondary N) is 1. The maximum Gasteiger partial charge on any atom is 0.407 e. The number of thiophene rings is 1. The van der Waals surface area contributed by atoms with Crippen LogP contribution in [0.25, 0.3) is 16.0 Å². The van der Waals surface area contributed by atoms with E-state index in [0.717, 1.165) is 44.8 Å². The zero-order valence-electron chi connectivity index (χ0n) is 18.5. The van der Waals surface area contributed by atoms with Gasteiger partial charge in [-0.3, -0.25) is 9.20 Å². The molecule has 3 aromatic heterocycles. The van der Waals surface area contributed by atoms with Gasteiger partial charge in [-0.15, -0.1) is 11.3 Å². The number of aromatic nitrogens is 1. The molecule has 3 heterocycles. The van der Waals surface area contributed by atoms with Crippen molar-refractivity contribution in [2.75, 3.05) is 0 Å². The molecule has 0 radical (unpaired) electrons. The van der Waals surface area contributed by atoms with Crippen LogP contribution in [-0.4, -0.2) is 27.2 Å². The van der Waals surface area contributed by atoms with Crippen LogP contribution in [0.1, 0.15) is 65.9 Å². The second-order valence-corrected chi connectivity index (χ2v) is 10.3. The lowest BCUT2D eigenvalue weighted by atomic mass is 10.00. The molecule has 0 aromatic carbocycles. The van der Waals surface area contributed by atoms with Crippen molar-refractivity contribution in [2.24, 2.45) is 0 Å². The predicted molar refractivity (Wildman–Crippen MR) is 124 cm³/mol. The fraction of sp³-hybridized carbons (Fsp3) is 0.375. The number of aryl methyl sites for hydroxylation is 1. The summed E-state index contributed by atoms with van der Waals surface area (Å²) in [5, 5.41) is 12.2. The van der Waals surface area contributed by atoms with Gasteiger partial charge in [0.2, 0.25) is 0 Å². The molecular weight excluding hydrogens is 428 g/mol. The Morgan fingerprint density at radius 3 is 2.59 bits per heavy atom. The van der Waals surface area contributed by atoms with Crippen LogP contribution < -0.4 is 10.9 Å². The largest absolute Gasteiger partial charge is 0.477 e. The number of carbonyl (C=O) groups excluding carboxylic acids is 1. The van der Waals surface area contributed by atoms with E-state index in [1.807, 2.05) is 45.9 Å². The summed E-state index contributed by atoms with van der Waals surface area (Å²) >= 11 is 1.56. The number of ether oxygens (including phenoxy) is 1. The lowest BCUT2D eigenvalue weighted by Crippen LogP contribution is -2.31. The van der Waals surface area contributed by atoms with Crippen molar-refractivity contribution >= 4 is 28.9 Å². The maximum absolute atomic E-state index is 12.7. The predicted octanol–water partition coefficient (Wildman–Crippen LogP) is 4.94. The Morgan fingerprint density at radius 1 is 1.25 bits per heavy atom. The molecule has 0 saturated heterocycles. The highest BCUT2D eigenvalue weighted by Gasteiger charge is 2.29. The van der Waals surface area contributed by atoms with Gasteiger partial charge in [0.25, 0.3) is 5.56 Å². The van der Waals surface area contributed by atoms with Crippen molar-refractivity contribution < 1.29 is 19.4 Å². The fourth-order valence-electron chi connectivity index (χ4n) is 3.81. The molecular formula is C24H26N2O5S. The van der Waals surface area contributed by atoms with Gasteiger partial charge in [0.05, 0.1) is 12.1 Å². The number of nitrogens with zero attached hydrogens (tertiary/aromatic N) is 1. The van der Waals surface area contributed by atoms with Crippen molar-refractivity contribution in [3.63, 3.8) is 0 Å². The summed E-state index contributed by atoms with van der Waals surface area (Å²) in [5.41, 5.74) is 2.39. The Morgan fingerprint density at radius 2 is 1.97 bits per heavy atom. The number of rotatable bonds is 5. The molecule has 1 fully saturated rings. The number of fused-ring (bicyclic) bond motifs is 1. The number of hydrogen-bond donors (Lipinski definition) is 2. The fourth-order valence-corrected chi connectivity index (χ4v) is 4.84. The molecule has 0 bridgehead atoms. The lowest BCUT2D eigenvalue weighted by Gasteiger charge is -2.19. The highest BCUT2D eigenvalue weighted by Crippen LogP contribution is 2.44. The van der Waals surface area contributed by atoms with Gasteiger partial charge in [-0.25, -0.2) is 9.59 Å². The van der Waals surface area contributed by atoms with Gasteiger partial charge in [0, 0.05) is 16.0 Å². The van der Waals surface area contributed by atoms with E-state index >= 15 is 0 Å². The molecule has 168 valence electrons. The van der Waals surface area contributed by atoms with E-state index in [0.29, 0.717) is 6.54 Å². The first-order valence-corrected chi connectivity index (χ1v) is 11.3. The number of hydrogen-bond acceptors (Lipinski definition) is 5. The van der Waals surface area contributed by atoms with Crippen LogP contribution in [0.4, 0.5) is 4.79 Å². The zero-order chi connectivity index (χ0) is 23.2. The van der Waals surface area contributed by atoms with E-state index in [4.69, 9.17) is 4.74 Å². The quantitative estimate of drug-likeness (QED) is 0.569. The Hall–Kier alpha value is -3.13. The topological polar surface area (TPSA) is 97.1 Å². The molecule has 0 aliphatic heterocycles. The van der Waals surface area contributed by atoms with Crippen molar-refractivity contribution in [3.05, 3.63) is 62.4 Å². The standard InChI is InChI=1S/C24H26N2O5S/c1-13-16(19-8-7-15(32-19)12-25-23(30)31-24(2,3)4)9-10-26-20(13)17(14-5-6-14)11-18(21(26)27)22(28)29/h7-11,14H,5-6,12H2,1-4H3,(H,25,30)(H,28,29). The normalized spacial score (nSPS) is 13.9. The van der Waals surface area contributed by atoms with E-state index in [2.05, 4.69) is 5.32 Å². The molecule has 1 aliphatic carbocycles. The first-order chi connectivity index (χ1) is 15.0. The summed E-state index contributed by atoms with van der Waals surface area (Å²) in [6.07, 6.45) is 3.19. The highest BCUT2D eigenvalue weighted by molar-refractivity contribution is 7.15. The van der Waals surface area contributed by atoms with Gasteiger partial charge in [-0.1, -0.05) is 0 Å². The van der Waals surface area contributed by atoms with Gasteiger partial charge in [-0.2, -0.15) is 0 Å². The molecule has 0 spiro atoms. The summed E-state index contributed by atoms with van der Waals surface area (Å²) in [6, 6.07) is 7.36.